The van der Waals surface area contributed by atoms with Crippen LogP contribution >= 0.6 is 11.8 Å². The maximum atomic E-state index is 12.3. The van der Waals surface area contributed by atoms with Crippen molar-refractivity contribution in [3.05, 3.63) is 89.5 Å². The molecule has 1 unspecified atom stereocenters. The average molecular weight is 420 g/mol. The molecule has 1 heterocycles. The molecule has 3 aromatic rings. The van der Waals surface area contributed by atoms with E-state index >= 15 is 0 Å². The zero-order valence-electron chi connectivity index (χ0n) is 17.2. The molecule has 1 amide bonds. The molecule has 0 fully saturated rings. The van der Waals surface area contributed by atoms with Gasteiger partial charge in [-0.2, -0.15) is 0 Å². The average Bonchev–Trinajstić information content (AvgIpc) is 2.82. The van der Waals surface area contributed by atoms with Crippen LogP contribution in [0.5, 0.6) is 11.5 Å². The molecule has 0 N–H and O–H groups in total. The summed E-state index contributed by atoms with van der Waals surface area (Å²) in [6.07, 6.45) is 1.76. The van der Waals surface area contributed by atoms with E-state index in [0.29, 0.717) is 23.8 Å². The van der Waals surface area contributed by atoms with Crippen LogP contribution in [-0.2, 0) is 16.8 Å². The van der Waals surface area contributed by atoms with Crippen LogP contribution in [-0.4, -0.2) is 37.8 Å². The topological polar surface area (TPSA) is 38.8 Å². The summed E-state index contributed by atoms with van der Waals surface area (Å²) in [6.45, 7) is 0.649. The summed E-state index contributed by atoms with van der Waals surface area (Å²) in [5.74, 6) is 2.09. The Balaban J connectivity index is 1.91. The van der Waals surface area contributed by atoms with Gasteiger partial charge < -0.3 is 14.4 Å². The first kappa shape index (κ1) is 20.4. The molecule has 1 aliphatic rings. The number of amides is 1. The zero-order valence-corrected chi connectivity index (χ0v) is 18.0. The lowest BCUT2D eigenvalue weighted by Crippen LogP contribution is -2.52. The van der Waals surface area contributed by atoms with Crippen LogP contribution in [0, 0.1) is 0 Å². The number of ether oxygens (including phenoxy) is 2. The molecule has 0 spiro atoms. The Labute approximate surface area is 181 Å². The molecule has 1 atom stereocenters. The van der Waals surface area contributed by atoms with Gasteiger partial charge in [-0.3, -0.25) is 4.79 Å². The molecule has 5 heteroatoms. The van der Waals surface area contributed by atoms with Crippen molar-refractivity contribution in [2.45, 2.75) is 16.9 Å². The first-order valence-electron chi connectivity index (χ1n) is 9.93. The van der Waals surface area contributed by atoms with Crippen molar-refractivity contribution in [3.63, 3.8) is 0 Å². The Morgan fingerprint density at radius 1 is 0.967 bits per heavy atom. The molecule has 3 aromatic carbocycles. The Hall–Kier alpha value is -2.92. The second kappa shape index (κ2) is 8.84. The van der Waals surface area contributed by atoms with E-state index in [2.05, 4.69) is 30.3 Å². The Morgan fingerprint density at radius 2 is 1.60 bits per heavy atom. The van der Waals surface area contributed by atoms with Gasteiger partial charge in [-0.25, -0.2) is 0 Å². The van der Waals surface area contributed by atoms with Gasteiger partial charge in [-0.05, 0) is 47.4 Å². The first-order valence-corrected chi connectivity index (χ1v) is 10.9. The number of carbonyl (C=O) groups is 1. The van der Waals surface area contributed by atoms with Crippen LogP contribution in [0.1, 0.15) is 16.7 Å². The molecule has 0 saturated heterocycles. The summed E-state index contributed by atoms with van der Waals surface area (Å²) >= 11 is 1.75. The van der Waals surface area contributed by atoms with E-state index in [1.165, 1.54) is 10.5 Å². The minimum Gasteiger partial charge on any atom is -0.493 e. The highest BCUT2D eigenvalue weighted by Crippen LogP contribution is 2.47. The quantitative estimate of drug-likeness (QED) is 0.409. The second-order valence-electron chi connectivity index (χ2n) is 7.24. The third-order valence-corrected chi connectivity index (χ3v) is 6.90. The van der Waals surface area contributed by atoms with Crippen molar-refractivity contribution < 1.29 is 14.3 Å². The molecular weight excluding hydrogens is 394 g/mol. The van der Waals surface area contributed by atoms with Crippen LogP contribution in [0.4, 0.5) is 0 Å². The number of thioether (sulfide) groups is 1. The van der Waals surface area contributed by atoms with E-state index in [-0.39, 0.29) is 0 Å². The van der Waals surface area contributed by atoms with Crippen LogP contribution in [0.25, 0.3) is 0 Å². The number of fused-ring (bicyclic) bond motifs is 1. The molecule has 4 nitrogen and oxygen atoms in total. The van der Waals surface area contributed by atoms with Crippen LogP contribution in [0.3, 0.4) is 0 Å². The Kier molecular flexibility index (Phi) is 6.00. The summed E-state index contributed by atoms with van der Waals surface area (Å²) < 4.78 is 11.2. The summed E-state index contributed by atoms with van der Waals surface area (Å²) in [6, 6.07) is 24.7. The standard InChI is InChI=1S/C25H25NO3S/c1-28-23-15-19-13-14-26(18-27)25(20-9-5-3-6-10-20,22(19)16-24(23)29-2)17-30-21-11-7-4-8-12-21/h3-12,15-16,18H,13-14,17H2,1-2H3. The SMILES string of the molecule is COc1cc2c(cc1OC)C(CSc1ccccc1)(c1ccccc1)N(C=O)CC2. The van der Waals surface area contributed by atoms with E-state index < -0.39 is 5.54 Å². The number of benzene rings is 3. The highest BCUT2D eigenvalue weighted by Gasteiger charge is 2.44. The van der Waals surface area contributed by atoms with Crippen LogP contribution in [0.2, 0.25) is 0 Å². The van der Waals surface area contributed by atoms with Crippen LogP contribution < -0.4 is 9.47 Å². The fraction of sp³-hybridized carbons (Fsp3) is 0.240. The number of rotatable bonds is 7. The minimum atomic E-state index is -0.601. The van der Waals surface area contributed by atoms with Crippen molar-refractivity contribution in [3.8, 4) is 11.5 Å². The third kappa shape index (κ3) is 3.54. The monoisotopic (exact) mass is 419 g/mol. The van der Waals surface area contributed by atoms with E-state index in [1.54, 1.807) is 26.0 Å². The zero-order chi connectivity index (χ0) is 21.0. The fourth-order valence-corrected chi connectivity index (χ4v) is 5.44. The van der Waals surface area contributed by atoms with Gasteiger partial charge in [-0.1, -0.05) is 48.5 Å². The van der Waals surface area contributed by atoms with Gasteiger partial charge in [-0.15, -0.1) is 11.8 Å². The Bertz CT molecular complexity index is 1010. The van der Waals surface area contributed by atoms with Gasteiger partial charge in [0, 0.05) is 17.2 Å². The summed E-state index contributed by atoms with van der Waals surface area (Å²) in [5, 5.41) is 0. The van der Waals surface area contributed by atoms with Crippen LogP contribution in [0.15, 0.2) is 77.7 Å². The van der Waals surface area contributed by atoms with Crippen molar-refractivity contribution in [2.24, 2.45) is 0 Å². The molecule has 4 rings (SSSR count). The van der Waals surface area contributed by atoms with Crippen molar-refractivity contribution in [1.29, 1.82) is 0 Å². The predicted octanol–water partition coefficient (Wildman–Crippen LogP) is 4.75. The van der Waals surface area contributed by atoms with Gasteiger partial charge in [0.1, 0.15) is 5.54 Å². The van der Waals surface area contributed by atoms with Crippen molar-refractivity contribution >= 4 is 18.2 Å². The van der Waals surface area contributed by atoms with E-state index in [1.807, 2.05) is 47.4 Å². The lowest BCUT2D eigenvalue weighted by atomic mass is 9.77. The van der Waals surface area contributed by atoms with E-state index in [9.17, 15) is 4.79 Å². The largest absolute Gasteiger partial charge is 0.493 e. The van der Waals surface area contributed by atoms with E-state index in [4.69, 9.17) is 9.47 Å². The van der Waals surface area contributed by atoms with E-state index in [0.717, 1.165) is 24.0 Å². The number of nitrogens with zero attached hydrogens (tertiary/aromatic N) is 1. The van der Waals surface area contributed by atoms with Crippen molar-refractivity contribution in [2.75, 3.05) is 26.5 Å². The number of hydrogen-bond acceptors (Lipinski definition) is 4. The first-order chi connectivity index (χ1) is 14.7. The second-order valence-corrected chi connectivity index (χ2v) is 8.29. The number of methoxy groups -OCH3 is 2. The lowest BCUT2D eigenvalue weighted by Gasteiger charge is -2.47. The maximum absolute atomic E-state index is 12.3. The predicted molar refractivity (Wildman–Crippen MR) is 120 cm³/mol. The summed E-state index contributed by atoms with van der Waals surface area (Å²) in [7, 11) is 3.30. The molecule has 0 aliphatic carbocycles. The normalized spacial score (nSPS) is 17.9. The molecule has 1 aliphatic heterocycles. The molecule has 0 radical (unpaired) electrons. The fourth-order valence-electron chi connectivity index (χ4n) is 4.23. The summed E-state index contributed by atoms with van der Waals surface area (Å²) in [4.78, 5) is 15.4. The lowest BCUT2D eigenvalue weighted by molar-refractivity contribution is -0.122. The van der Waals surface area contributed by atoms with Crippen molar-refractivity contribution in [1.82, 2.24) is 4.90 Å². The number of carbonyl (C=O) groups excluding carboxylic acids is 1. The Morgan fingerprint density at radius 3 is 2.23 bits per heavy atom. The third-order valence-electron chi connectivity index (χ3n) is 5.74. The van der Waals surface area contributed by atoms with Gasteiger partial charge in [0.25, 0.3) is 0 Å². The molecule has 30 heavy (non-hydrogen) atoms. The van der Waals surface area contributed by atoms with Gasteiger partial charge >= 0.3 is 0 Å². The number of hydrogen-bond donors (Lipinski definition) is 0. The molecule has 0 bridgehead atoms. The maximum Gasteiger partial charge on any atom is 0.210 e. The van der Waals surface area contributed by atoms with Gasteiger partial charge in [0.2, 0.25) is 6.41 Å². The molecule has 0 saturated carbocycles. The van der Waals surface area contributed by atoms with Gasteiger partial charge in [0.15, 0.2) is 11.5 Å². The highest BCUT2D eigenvalue weighted by molar-refractivity contribution is 7.99. The summed E-state index contributed by atoms with van der Waals surface area (Å²) in [5.41, 5.74) is 2.77. The van der Waals surface area contributed by atoms with Gasteiger partial charge in [0.05, 0.1) is 14.2 Å². The minimum absolute atomic E-state index is 0.601. The molecular formula is C25H25NO3S. The smallest absolute Gasteiger partial charge is 0.210 e. The molecule has 154 valence electrons. The highest BCUT2D eigenvalue weighted by atomic mass is 32.2. The molecule has 0 aromatic heterocycles.